The van der Waals surface area contributed by atoms with Crippen LogP contribution >= 0.6 is 0 Å². The summed E-state index contributed by atoms with van der Waals surface area (Å²) in [6, 6.07) is 5.81. The molecule has 0 bridgehead atoms. The van der Waals surface area contributed by atoms with Crippen LogP contribution in [0.5, 0.6) is 0 Å². The number of hydrogen-bond acceptors (Lipinski definition) is 4. The van der Waals surface area contributed by atoms with Gasteiger partial charge in [0, 0.05) is 32.7 Å². The number of imide groups is 1. The summed E-state index contributed by atoms with van der Waals surface area (Å²) in [6.45, 7) is 8.60. The van der Waals surface area contributed by atoms with E-state index in [-0.39, 0.29) is 17.6 Å². The van der Waals surface area contributed by atoms with Gasteiger partial charge < -0.3 is 9.80 Å². The van der Waals surface area contributed by atoms with Crippen LogP contribution in [0.15, 0.2) is 30.0 Å². The van der Waals surface area contributed by atoms with E-state index in [0.717, 1.165) is 19.6 Å². The molecule has 0 N–H and O–H groups in total. The fraction of sp³-hybridized carbons (Fsp3) is 0.474. The number of hydrogen-bond donors (Lipinski definition) is 0. The SMILES string of the molecule is CCCN1C(=O)C(c2ccc(F)cc2)=C(N2CCN(CC)CC2)C1=O. The topological polar surface area (TPSA) is 43.9 Å². The zero-order chi connectivity index (χ0) is 18.0. The van der Waals surface area contributed by atoms with Gasteiger partial charge in [0.05, 0.1) is 5.57 Å². The van der Waals surface area contributed by atoms with Crippen LogP contribution in [0, 0.1) is 5.82 Å². The third-order valence-corrected chi connectivity index (χ3v) is 4.86. The molecular weight excluding hydrogens is 321 g/mol. The molecule has 0 aromatic heterocycles. The van der Waals surface area contributed by atoms with Gasteiger partial charge in [0.15, 0.2) is 0 Å². The molecule has 5 nitrogen and oxygen atoms in total. The third kappa shape index (κ3) is 3.31. The van der Waals surface area contributed by atoms with Crippen molar-refractivity contribution in [3.8, 4) is 0 Å². The molecule has 0 atom stereocenters. The Labute approximate surface area is 147 Å². The minimum atomic E-state index is -0.357. The van der Waals surface area contributed by atoms with Gasteiger partial charge in [0.2, 0.25) is 0 Å². The Hall–Kier alpha value is -2.21. The Kier molecular flexibility index (Phi) is 5.18. The fourth-order valence-corrected chi connectivity index (χ4v) is 3.45. The predicted molar refractivity (Wildman–Crippen MR) is 94.0 cm³/mol. The number of amides is 2. The molecule has 1 aromatic carbocycles. The second-order valence-corrected chi connectivity index (χ2v) is 6.41. The molecular formula is C19H24FN3O2. The summed E-state index contributed by atoms with van der Waals surface area (Å²) in [7, 11) is 0. The smallest absolute Gasteiger partial charge is 0.277 e. The molecule has 1 aromatic rings. The maximum Gasteiger partial charge on any atom is 0.277 e. The lowest BCUT2D eigenvalue weighted by Gasteiger charge is -2.36. The highest BCUT2D eigenvalue weighted by Crippen LogP contribution is 2.32. The summed E-state index contributed by atoms with van der Waals surface area (Å²) in [5.41, 5.74) is 1.48. The molecule has 0 spiro atoms. The molecule has 2 aliphatic rings. The maximum absolute atomic E-state index is 13.3. The quantitative estimate of drug-likeness (QED) is 0.765. The third-order valence-electron chi connectivity index (χ3n) is 4.86. The number of benzene rings is 1. The van der Waals surface area contributed by atoms with Gasteiger partial charge in [-0.2, -0.15) is 0 Å². The minimum absolute atomic E-state index is 0.226. The Morgan fingerprint density at radius 2 is 1.60 bits per heavy atom. The molecule has 134 valence electrons. The molecule has 3 rings (SSSR count). The van der Waals surface area contributed by atoms with Crippen LogP contribution in [0.3, 0.4) is 0 Å². The fourth-order valence-electron chi connectivity index (χ4n) is 3.45. The van der Waals surface area contributed by atoms with Gasteiger partial charge in [0.1, 0.15) is 11.5 Å². The van der Waals surface area contributed by atoms with E-state index in [1.165, 1.54) is 17.0 Å². The van der Waals surface area contributed by atoms with Crippen LogP contribution in [0.4, 0.5) is 4.39 Å². The summed E-state index contributed by atoms with van der Waals surface area (Å²) in [6.07, 6.45) is 0.713. The number of likely N-dealkylation sites (N-methyl/N-ethyl adjacent to an activating group) is 1. The van der Waals surface area contributed by atoms with Crippen LogP contribution in [-0.2, 0) is 9.59 Å². The molecule has 6 heteroatoms. The normalized spacial score (nSPS) is 19.3. The highest BCUT2D eigenvalue weighted by molar-refractivity contribution is 6.35. The molecule has 0 unspecified atom stereocenters. The van der Waals surface area contributed by atoms with E-state index in [4.69, 9.17) is 0 Å². The van der Waals surface area contributed by atoms with Gasteiger partial charge >= 0.3 is 0 Å². The number of rotatable bonds is 5. The highest BCUT2D eigenvalue weighted by Gasteiger charge is 2.41. The van der Waals surface area contributed by atoms with Gasteiger partial charge in [-0.15, -0.1) is 0 Å². The Bertz CT molecular complexity index is 691. The van der Waals surface area contributed by atoms with Gasteiger partial charge in [-0.1, -0.05) is 26.0 Å². The van der Waals surface area contributed by atoms with E-state index in [2.05, 4.69) is 11.8 Å². The first-order valence-corrected chi connectivity index (χ1v) is 8.90. The Morgan fingerprint density at radius 3 is 2.16 bits per heavy atom. The molecule has 2 heterocycles. The van der Waals surface area contributed by atoms with E-state index in [0.29, 0.717) is 42.9 Å². The average molecular weight is 345 g/mol. The molecule has 1 saturated heterocycles. The molecule has 2 amide bonds. The van der Waals surface area contributed by atoms with Crippen LogP contribution in [0.1, 0.15) is 25.8 Å². The van der Waals surface area contributed by atoms with Crippen molar-refractivity contribution >= 4 is 17.4 Å². The molecule has 25 heavy (non-hydrogen) atoms. The predicted octanol–water partition coefficient (Wildman–Crippen LogP) is 1.95. The van der Waals surface area contributed by atoms with E-state index in [9.17, 15) is 14.0 Å². The van der Waals surface area contributed by atoms with Gasteiger partial charge in [-0.25, -0.2) is 4.39 Å². The molecule has 0 aliphatic carbocycles. The standard InChI is InChI=1S/C19H24FN3O2/c1-3-9-23-18(24)16(14-5-7-15(20)8-6-14)17(19(23)25)22-12-10-21(4-2)11-13-22/h5-8H,3-4,9-13H2,1-2H3. The Balaban J connectivity index is 1.99. The van der Waals surface area contributed by atoms with Gasteiger partial charge in [0.25, 0.3) is 11.8 Å². The van der Waals surface area contributed by atoms with Crippen molar-refractivity contribution in [2.75, 3.05) is 39.3 Å². The van der Waals surface area contributed by atoms with Crippen LogP contribution < -0.4 is 0 Å². The molecule has 1 fully saturated rings. The van der Waals surface area contributed by atoms with E-state index in [1.807, 2.05) is 11.8 Å². The van der Waals surface area contributed by atoms with Crippen molar-refractivity contribution in [2.24, 2.45) is 0 Å². The second kappa shape index (κ2) is 7.35. The van der Waals surface area contributed by atoms with Crippen molar-refractivity contribution in [3.63, 3.8) is 0 Å². The van der Waals surface area contributed by atoms with Gasteiger partial charge in [-0.05, 0) is 30.7 Å². The number of carbonyl (C=O) groups is 2. The largest absolute Gasteiger partial charge is 0.364 e. The summed E-state index contributed by atoms with van der Waals surface area (Å²) >= 11 is 0. The lowest BCUT2D eigenvalue weighted by atomic mass is 10.0. The first-order valence-electron chi connectivity index (χ1n) is 8.90. The summed E-state index contributed by atoms with van der Waals surface area (Å²) in [5.74, 6) is -0.854. The summed E-state index contributed by atoms with van der Waals surface area (Å²) < 4.78 is 13.3. The zero-order valence-corrected chi connectivity index (χ0v) is 14.8. The number of halogens is 1. The van der Waals surface area contributed by atoms with Crippen molar-refractivity contribution < 1.29 is 14.0 Å². The Morgan fingerprint density at radius 1 is 0.960 bits per heavy atom. The number of carbonyl (C=O) groups excluding carboxylic acids is 2. The lowest BCUT2D eigenvalue weighted by Crippen LogP contribution is -2.47. The highest BCUT2D eigenvalue weighted by atomic mass is 19.1. The van der Waals surface area contributed by atoms with Crippen LogP contribution in [-0.4, -0.2) is 65.8 Å². The molecule has 2 aliphatic heterocycles. The van der Waals surface area contributed by atoms with Gasteiger partial charge in [-0.3, -0.25) is 14.5 Å². The summed E-state index contributed by atoms with van der Waals surface area (Å²) in [5, 5.41) is 0. The number of piperazine rings is 1. The van der Waals surface area contributed by atoms with E-state index in [1.54, 1.807) is 12.1 Å². The first-order chi connectivity index (χ1) is 12.1. The second-order valence-electron chi connectivity index (χ2n) is 6.41. The van der Waals surface area contributed by atoms with Crippen LogP contribution in [0.25, 0.3) is 5.57 Å². The maximum atomic E-state index is 13.3. The van der Waals surface area contributed by atoms with Crippen LogP contribution in [0.2, 0.25) is 0 Å². The lowest BCUT2D eigenvalue weighted by molar-refractivity contribution is -0.137. The number of nitrogens with zero attached hydrogens (tertiary/aromatic N) is 3. The van der Waals surface area contributed by atoms with E-state index < -0.39 is 0 Å². The average Bonchev–Trinajstić information content (AvgIpc) is 2.87. The zero-order valence-electron chi connectivity index (χ0n) is 14.8. The minimum Gasteiger partial charge on any atom is -0.364 e. The van der Waals surface area contributed by atoms with Crippen molar-refractivity contribution in [2.45, 2.75) is 20.3 Å². The van der Waals surface area contributed by atoms with Crippen molar-refractivity contribution in [3.05, 3.63) is 41.3 Å². The van der Waals surface area contributed by atoms with Crippen molar-refractivity contribution in [1.82, 2.24) is 14.7 Å². The molecule has 0 radical (unpaired) electrons. The van der Waals surface area contributed by atoms with Crippen molar-refractivity contribution in [1.29, 1.82) is 0 Å². The van der Waals surface area contributed by atoms with E-state index >= 15 is 0 Å². The summed E-state index contributed by atoms with van der Waals surface area (Å²) in [4.78, 5) is 31.5. The first kappa shape index (κ1) is 17.6. The monoisotopic (exact) mass is 345 g/mol. The molecule has 0 saturated carbocycles.